The quantitative estimate of drug-likeness (QED) is 0.606. The maximum atomic E-state index is 13.1. The molecule has 0 unspecified atom stereocenters. The Hall–Kier alpha value is -2.42. The standard InChI is InChI=1S/C25H35N3O4S/c1-5-24(28(33(4,30)31)23-14-19(2)13-20(3)15-23)25(29)26-17-21-7-6-8-22(16-21)18-27-9-11-32-12-10-27/h6-8,13-16,24H,5,9-12,17-18H2,1-4H3,(H,26,29)/t24-/m1/s1. The summed E-state index contributed by atoms with van der Waals surface area (Å²) >= 11 is 0. The molecule has 0 spiro atoms. The van der Waals surface area contributed by atoms with Crippen LogP contribution in [-0.4, -0.2) is 57.8 Å². The minimum Gasteiger partial charge on any atom is -0.379 e. The van der Waals surface area contributed by atoms with Crippen molar-refractivity contribution in [3.8, 4) is 0 Å². The summed E-state index contributed by atoms with van der Waals surface area (Å²) in [5.74, 6) is -0.305. The molecule has 0 aliphatic carbocycles. The molecule has 0 bridgehead atoms. The smallest absolute Gasteiger partial charge is 0.244 e. The number of carbonyl (C=O) groups excluding carboxylic acids is 1. The molecule has 7 nitrogen and oxygen atoms in total. The van der Waals surface area contributed by atoms with Gasteiger partial charge in [0, 0.05) is 26.2 Å². The highest BCUT2D eigenvalue weighted by Crippen LogP contribution is 2.25. The monoisotopic (exact) mass is 473 g/mol. The highest BCUT2D eigenvalue weighted by Gasteiger charge is 2.31. The molecular formula is C25H35N3O4S. The van der Waals surface area contributed by atoms with Crippen LogP contribution in [0.4, 0.5) is 5.69 Å². The summed E-state index contributed by atoms with van der Waals surface area (Å²) in [5.41, 5.74) is 4.59. The zero-order valence-corrected chi connectivity index (χ0v) is 20.8. The number of nitrogens with zero attached hydrogens (tertiary/aromatic N) is 2. The molecule has 0 aromatic heterocycles. The number of morpholine rings is 1. The summed E-state index contributed by atoms with van der Waals surface area (Å²) in [7, 11) is -3.66. The number of benzene rings is 2. The zero-order valence-electron chi connectivity index (χ0n) is 20.0. The Kier molecular flexibility index (Phi) is 8.51. The third-order valence-corrected chi connectivity index (χ3v) is 6.94. The van der Waals surface area contributed by atoms with Crippen LogP contribution in [0.2, 0.25) is 0 Å². The highest BCUT2D eigenvalue weighted by molar-refractivity contribution is 7.92. The SMILES string of the molecule is CC[C@H](C(=O)NCc1cccc(CN2CCOCC2)c1)N(c1cc(C)cc(C)c1)S(C)(=O)=O. The zero-order chi connectivity index (χ0) is 24.0. The molecule has 180 valence electrons. The van der Waals surface area contributed by atoms with Gasteiger partial charge >= 0.3 is 0 Å². The minimum atomic E-state index is -3.66. The summed E-state index contributed by atoms with van der Waals surface area (Å²) in [5, 5.41) is 2.95. The molecule has 1 atom stereocenters. The van der Waals surface area contributed by atoms with Crippen LogP contribution in [-0.2, 0) is 32.6 Å². The fourth-order valence-electron chi connectivity index (χ4n) is 4.30. The van der Waals surface area contributed by atoms with E-state index in [2.05, 4.69) is 22.3 Å². The van der Waals surface area contributed by atoms with Gasteiger partial charge in [-0.25, -0.2) is 8.42 Å². The van der Waals surface area contributed by atoms with Crippen molar-refractivity contribution in [2.24, 2.45) is 0 Å². The molecule has 1 heterocycles. The average Bonchev–Trinajstić information content (AvgIpc) is 2.75. The lowest BCUT2D eigenvalue weighted by molar-refractivity contribution is -0.122. The molecule has 1 amide bonds. The second-order valence-corrected chi connectivity index (χ2v) is 10.6. The third-order valence-electron chi connectivity index (χ3n) is 5.76. The Morgan fingerprint density at radius 3 is 2.33 bits per heavy atom. The fourth-order valence-corrected chi connectivity index (χ4v) is 5.50. The summed E-state index contributed by atoms with van der Waals surface area (Å²) in [6.45, 7) is 10.2. The first kappa shape index (κ1) is 25.2. The molecule has 1 fully saturated rings. The Morgan fingerprint density at radius 1 is 1.09 bits per heavy atom. The lowest BCUT2D eigenvalue weighted by atomic mass is 10.1. The molecule has 3 rings (SSSR count). The Labute approximate surface area is 197 Å². The maximum absolute atomic E-state index is 13.1. The number of rotatable bonds is 9. The van der Waals surface area contributed by atoms with Crippen molar-refractivity contribution in [2.45, 2.75) is 46.3 Å². The first-order chi connectivity index (χ1) is 15.7. The second-order valence-electron chi connectivity index (χ2n) is 8.76. The van der Waals surface area contributed by atoms with Crippen molar-refractivity contribution in [3.05, 3.63) is 64.7 Å². The van der Waals surface area contributed by atoms with Gasteiger partial charge in [-0.1, -0.05) is 37.3 Å². The van der Waals surface area contributed by atoms with E-state index < -0.39 is 16.1 Å². The number of hydrogen-bond donors (Lipinski definition) is 1. The van der Waals surface area contributed by atoms with E-state index in [4.69, 9.17) is 4.74 Å². The van der Waals surface area contributed by atoms with E-state index in [-0.39, 0.29) is 5.91 Å². The van der Waals surface area contributed by atoms with E-state index in [1.807, 2.05) is 39.0 Å². The van der Waals surface area contributed by atoms with Crippen molar-refractivity contribution >= 4 is 21.6 Å². The van der Waals surface area contributed by atoms with Crippen LogP contribution in [0.3, 0.4) is 0 Å². The number of amides is 1. The van der Waals surface area contributed by atoms with Gasteiger partial charge in [0.25, 0.3) is 0 Å². The molecule has 1 N–H and O–H groups in total. The first-order valence-electron chi connectivity index (χ1n) is 11.4. The summed E-state index contributed by atoms with van der Waals surface area (Å²) in [6.07, 6.45) is 1.51. The van der Waals surface area contributed by atoms with Crippen LogP contribution in [0, 0.1) is 13.8 Å². The fraction of sp³-hybridized carbons (Fsp3) is 0.480. The van der Waals surface area contributed by atoms with E-state index >= 15 is 0 Å². The van der Waals surface area contributed by atoms with Crippen molar-refractivity contribution in [1.82, 2.24) is 10.2 Å². The van der Waals surface area contributed by atoms with Gasteiger partial charge in [-0.05, 0) is 54.7 Å². The van der Waals surface area contributed by atoms with Crippen LogP contribution in [0.25, 0.3) is 0 Å². The van der Waals surface area contributed by atoms with Crippen molar-refractivity contribution in [3.63, 3.8) is 0 Å². The molecule has 1 aliphatic rings. The molecule has 33 heavy (non-hydrogen) atoms. The average molecular weight is 474 g/mol. The van der Waals surface area contributed by atoms with Crippen LogP contribution >= 0.6 is 0 Å². The van der Waals surface area contributed by atoms with E-state index in [1.165, 1.54) is 9.87 Å². The number of sulfonamides is 1. The summed E-state index contributed by atoms with van der Waals surface area (Å²) in [4.78, 5) is 15.5. The Morgan fingerprint density at radius 2 is 1.73 bits per heavy atom. The van der Waals surface area contributed by atoms with Crippen LogP contribution in [0.15, 0.2) is 42.5 Å². The van der Waals surface area contributed by atoms with Gasteiger partial charge in [0.2, 0.25) is 15.9 Å². The number of nitrogens with one attached hydrogen (secondary N) is 1. The third kappa shape index (κ3) is 7.03. The number of ether oxygens (including phenoxy) is 1. The van der Waals surface area contributed by atoms with Crippen LogP contribution < -0.4 is 9.62 Å². The Balaban J connectivity index is 1.72. The first-order valence-corrected chi connectivity index (χ1v) is 13.3. The van der Waals surface area contributed by atoms with E-state index in [0.717, 1.165) is 55.8 Å². The number of carbonyl (C=O) groups is 1. The molecule has 0 radical (unpaired) electrons. The normalized spacial score (nSPS) is 15.8. The van der Waals surface area contributed by atoms with E-state index in [0.29, 0.717) is 18.7 Å². The van der Waals surface area contributed by atoms with Crippen LogP contribution in [0.5, 0.6) is 0 Å². The van der Waals surface area contributed by atoms with Crippen molar-refractivity contribution in [1.29, 1.82) is 0 Å². The topological polar surface area (TPSA) is 79.0 Å². The number of aryl methyl sites for hydroxylation is 2. The highest BCUT2D eigenvalue weighted by atomic mass is 32.2. The summed E-state index contributed by atoms with van der Waals surface area (Å²) in [6, 6.07) is 12.9. The second kappa shape index (κ2) is 11.1. The van der Waals surface area contributed by atoms with Gasteiger partial charge in [-0.3, -0.25) is 14.0 Å². The molecule has 0 saturated carbocycles. The van der Waals surface area contributed by atoms with Crippen molar-refractivity contribution < 1.29 is 17.9 Å². The molecule has 1 aliphatic heterocycles. The number of hydrogen-bond acceptors (Lipinski definition) is 5. The van der Waals surface area contributed by atoms with E-state index in [9.17, 15) is 13.2 Å². The van der Waals surface area contributed by atoms with Gasteiger partial charge in [0.15, 0.2) is 0 Å². The predicted octanol–water partition coefficient (Wildman–Crippen LogP) is 3.00. The predicted molar refractivity (Wildman–Crippen MR) is 132 cm³/mol. The molecule has 8 heteroatoms. The van der Waals surface area contributed by atoms with Gasteiger partial charge in [-0.2, -0.15) is 0 Å². The van der Waals surface area contributed by atoms with Gasteiger partial charge in [0.1, 0.15) is 6.04 Å². The van der Waals surface area contributed by atoms with Crippen molar-refractivity contribution in [2.75, 3.05) is 36.9 Å². The largest absolute Gasteiger partial charge is 0.379 e. The lowest BCUT2D eigenvalue weighted by Gasteiger charge is -2.30. The lowest BCUT2D eigenvalue weighted by Crippen LogP contribution is -2.49. The van der Waals surface area contributed by atoms with E-state index in [1.54, 1.807) is 12.1 Å². The van der Waals surface area contributed by atoms with Gasteiger partial charge in [0.05, 0.1) is 25.2 Å². The molecule has 2 aromatic carbocycles. The maximum Gasteiger partial charge on any atom is 0.244 e. The molecule has 1 saturated heterocycles. The van der Waals surface area contributed by atoms with Gasteiger partial charge in [-0.15, -0.1) is 0 Å². The number of anilines is 1. The minimum absolute atomic E-state index is 0.305. The summed E-state index contributed by atoms with van der Waals surface area (Å²) < 4.78 is 32.1. The van der Waals surface area contributed by atoms with Gasteiger partial charge < -0.3 is 10.1 Å². The Bertz CT molecular complexity index is 1040. The molecular weight excluding hydrogens is 438 g/mol. The molecule has 2 aromatic rings. The van der Waals surface area contributed by atoms with Crippen LogP contribution in [0.1, 0.15) is 35.6 Å².